The lowest BCUT2D eigenvalue weighted by Gasteiger charge is -2.20. The molecule has 0 spiro atoms. The number of hydrogen-bond acceptors (Lipinski definition) is 6. The molecule has 0 saturated heterocycles. The number of hydrogen-bond donors (Lipinski definition) is 2. The minimum absolute atomic E-state index is 0.358. The van der Waals surface area contributed by atoms with Crippen molar-refractivity contribution in [3.63, 3.8) is 0 Å². The molecule has 0 heterocycles. The maximum atomic E-state index is 12.4. The molecule has 0 aliphatic rings. The van der Waals surface area contributed by atoms with Gasteiger partial charge in [-0.15, -0.1) is 0 Å². The van der Waals surface area contributed by atoms with E-state index in [9.17, 15) is 9.59 Å². The first-order chi connectivity index (χ1) is 16.4. The summed E-state index contributed by atoms with van der Waals surface area (Å²) in [6.07, 6.45) is 0. The number of ether oxygens (including phenoxy) is 2. The van der Waals surface area contributed by atoms with Crippen LogP contribution >= 0.6 is 24.4 Å². The molecule has 0 aromatic heterocycles. The molecule has 0 aliphatic heterocycles. The highest BCUT2D eigenvalue weighted by atomic mass is 32.1. The van der Waals surface area contributed by atoms with Gasteiger partial charge in [0.25, 0.3) is 0 Å². The van der Waals surface area contributed by atoms with E-state index in [1.54, 1.807) is 12.1 Å². The second kappa shape index (κ2) is 12.0. The van der Waals surface area contributed by atoms with Crippen molar-refractivity contribution in [1.29, 1.82) is 0 Å². The van der Waals surface area contributed by atoms with Crippen LogP contribution < -0.4 is 10.6 Å². The Bertz CT molecular complexity index is 1080. The normalized spacial score (nSPS) is 12.1. The monoisotopic (exact) mass is 492 g/mol. The number of carbonyl (C=O) groups is 2. The predicted octanol–water partition coefficient (Wildman–Crippen LogP) is 4.05. The quantitative estimate of drug-likeness (QED) is 0.360. The molecule has 0 amide bonds. The molecule has 8 heteroatoms. The molecule has 174 valence electrons. The third kappa shape index (κ3) is 6.24. The topological polar surface area (TPSA) is 76.7 Å². The number of carbonyl (C=O) groups excluding carboxylic acids is 2. The lowest BCUT2D eigenvalue weighted by molar-refractivity contribution is -0.143. The van der Waals surface area contributed by atoms with Crippen LogP contribution in [0.15, 0.2) is 84.9 Å². The van der Waals surface area contributed by atoms with E-state index in [2.05, 4.69) is 10.6 Å². The van der Waals surface area contributed by atoms with Gasteiger partial charge in [-0.1, -0.05) is 103 Å². The first-order valence-electron chi connectivity index (χ1n) is 10.4. The molecule has 2 atom stereocenters. The molecule has 3 rings (SSSR count). The van der Waals surface area contributed by atoms with Crippen molar-refractivity contribution >= 4 is 46.4 Å². The van der Waals surface area contributed by atoms with Crippen molar-refractivity contribution in [3.8, 4) is 0 Å². The summed E-state index contributed by atoms with van der Waals surface area (Å²) < 4.78 is 9.90. The zero-order valence-corrected chi connectivity index (χ0v) is 20.3. The maximum Gasteiger partial charge on any atom is 0.333 e. The summed E-state index contributed by atoms with van der Waals surface area (Å²) in [6.45, 7) is 0. The lowest BCUT2D eigenvalue weighted by Crippen LogP contribution is -2.35. The van der Waals surface area contributed by atoms with Crippen molar-refractivity contribution in [3.05, 3.63) is 107 Å². The molecule has 3 aromatic rings. The summed E-state index contributed by atoms with van der Waals surface area (Å²) in [5.41, 5.74) is 2.79. The predicted molar refractivity (Wildman–Crippen MR) is 139 cm³/mol. The molecule has 0 bridgehead atoms. The molecule has 0 aliphatic carbocycles. The van der Waals surface area contributed by atoms with Gasteiger partial charge < -0.3 is 20.1 Å². The third-order valence-corrected chi connectivity index (χ3v) is 5.78. The average molecular weight is 493 g/mol. The van der Waals surface area contributed by atoms with E-state index in [1.165, 1.54) is 14.2 Å². The van der Waals surface area contributed by atoms with Crippen molar-refractivity contribution in [1.82, 2.24) is 10.6 Å². The molecule has 0 fully saturated rings. The van der Waals surface area contributed by atoms with Crippen LogP contribution in [0.3, 0.4) is 0 Å². The zero-order chi connectivity index (χ0) is 24.5. The van der Waals surface area contributed by atoms with Crippen LogP contribution in [0.4, 0.5) is 0 Å². The summed E-state index contributed by atoms with van der Waals surface area (Å²) in [4.78, 5) is 25.5. The van der Waals surface area contributed by atoms with Crippen LogP contribution in [0.2, 0.25) is 0 Å². The molecular formula is C26H24N2O4S2. The van der Waals surface area contributed by atoms with Gasteiger partial charge in [-0.05, 0) is 17.2 Å². The van der Waals surface area contributed by atoms with Gasteiger partial charge >= 0.3 is 11.9 Å². The van der Waals surface area contributed by atoms with Crippen molar-refractivity contribution in [2.75, 3.05) is 14.2 Å². The molecule has 6 nitrogen and oxygen atoms in total. The van der Waals surface area contributed by atoms with E-state index in [0.717, 1.165) is 11.1 Å². The largest absolute Gasteiger partial charge is 0.467 e. The number of methoxy groups -OCH3 is 2. The van der Waals surface area contributed by atoms with Gasteiger partial charge in [-0.25, -0.2) is 9.59 Å². The van der Waals surface area contributed by atoms with Crippen LogP contribution in [0.5, 0.6) is 0 Å². The molecule has 0 unspecified atom stereocenters. The highest BCUT2D eigenvalue weighted by Gasteiger charge is 2.24. The van der Waals surface area contributed by atoms with Crippen LogP contribution in [-0.4, -0.2) is 36.1 Å². The van der Waals surface area contributed by atoms with E-state index in [0.29, 0.717) is 21.1 Å². The van der Waals surface area contributed by atoms with Gasteiger partial charge in [0.2, 0.25) is 0 Å². The summed E-state index contributed by atoms with van der Waals surface area (Å²) in [5.74, 6) is -0.906. The van der Waals surface area contributed by atoms with Crippen LogP contribution in [-0.2, 0) is 19.1 Å². The third-order valence-electron chi connectivity index (χ3n) is 5.08. The molecular weight excluding hydrogens is 468 g/mol. The molecule has 0 saturated carbocycles. The van der Waals surface area contributed by atoms with E-state index < -0.39 is 24.0 Å². The highest BCUT2D eigenvalue weighted by Crippen LogP contribution is 2.18. The second-order valence-electron chi connectivity index (χ2n) is 7.26. The number of benzene rings is 3. The van der Waals surface area contributed by atoms with Gasteiger partial charge in [0.15, 0.2) is 12.1 Å². The second-order valence-corrected chi connectivity index (χ2v) is 8.08. The number of nitrogens with one attached hydrogen (secondary N) is 2. The maximum absolute atomic E-state index is 12.4. The van der Waals surface area contributed by atoms with Gasteiger partial charge in [0.1, 0.15) is 9.98 Å². The molecule has 3 aromatic carbocycles. The number of thiocarbonyl (C=S) groups is 2. The Morgan fingerprint density at radius 1 is 0.647 bits per heavy atom. The molecule has 2 N–H and O–H groups in total. The lowest BCUT2D eigenvalue weighted by atomic mass is 10.0. The fraction of sp³-hybridized carbons (Fsp3) is 0.154. The van der Waals surface area contributed by atoms with E-state index in [1.807, 2.05) is 72.8 Å². The summed E-state index contributed by atoms with van der Waals surface area (Å²) in [7, 11) is 2.66. The Kier molecular flexibility index (Phi) is 8.84. The Morgan fingerprint density at radius 3 is 1.38 bits per heavy atom. The Labute approximate surface area is 209 Å². The van der Waals surface area contributed by atoms with E-state index >= 15 is 0 Å². The zero-order valence-electron chi connectivity index (χ0n) is 18.7. The first-order valence-corrected chi connectivity index (χ1v) is 11.2. The van der Waals surface area contributed by atoms with Gasteiger partial charge in [-0.2, -0.15) is 0 Å². The molecule has 0 radical (unpaired) electrons. The minimum Gasteiger partial charge on any atom is -0.467 e. The van der Waals surface area contributed by atoms with Crippen molar-refractivity contribution in [2.24, 2.45) is 0 Å². The number of esters is 2. The van der Waals surface area contributed by atoms with Gasteiger partial charge in [-0.3, -0.25) is 0 Å². The van der Waals surface area contributed by atoms with Crippen molar-refractivity contribution in [2.45, 2.75) is 12.1 Å². The number of rotatable bonds is 8. The minimum atomic E-state index is -0.755. The first kappa shape index (κ1) is 25.0. The Hall–Kier alpha value is -3.62. The van der Waals surface area contributed by atoms with E-state index in [-0.39, 0.29) is 0 Å². The van der Waals surface area contributed by atoms with E-state index in [4.69, 9.17) is 33.9 Å². The fourth-order valence-electron chi connectivity index (χ4n) is 3.31. The Balaban J connectivity index is 1.80. The SMILES string of the molecule is COC(=O)[C@@H](NC(=S)c1cccc(C(=S)N[C@H](C(=O)OC)c2ccccc2)c1)c1ccccc1. The average Bonchev–Trinajstić information content (AvgIpc) is 2.90. The summed E-state index contributed by atoms with van der Waals surface area (Å²) in [5, 5.41) is 6.16. The summed E-state index contributed by atoms with van der Waals surface area (Å²) >= 11 is 11.2. The van der Waals surface area contributed by atoms with Gasteiger partial charge in [0, 0.05) is 11.1 Å². The fourth-order valence-corrected chi connectivity index (χ4v) is 3.80. The van der Waals surface area contributed by atoms with Crippen LogP contribution in [0.1, 0.15) is 34.3 Å². The Morgan fingerprint density at radius 2 is 1.03 bits per heavy atom. The molecule has 34 heavy (non-hydrogen) atoms. The smallest absolute Gasteiger partial charge is 0.333 e. The van der Waals surface area contributed by atoms with Crippen LogP contribution in [0.25, 0.3) is 0 Å². The summed E-state index contributed by atoms with van der Waals surface area (Å²) in [6, 6.07) is 24.1. The highest BCUT2D eigenvalue weighted by molar-refractivity contribution is 7.81. The van der Waals surface area contributed by atoms with Gasteiger partial charge in [0.05, 0.1) is 14.2 Å². The standard InChI is InChI=1S/C26H24N2O4S2/c1-31-25(29)21(17-10-5-3-6-11-17)27-23(33)19-14-9-15-20(16-19)24(34)28-22(26(30)32-2)18-12-7-4-8-13-18/h3-16,21-22H,1-2H3,(H,27,33)(H,28,34)/t21-,22-/m0/s1. The van der Waals surface area contributed by atoms with Crippen molar-refractivity contribution < 1.29 is 19.1 Å². The van der Waals surface area contributed by atoms with Crippen LogP contribution in [0, 0.1) is 0 Å².